The summed E-state index contributed by atoms with van der Waals surface area (Å²) >= 11 is 0.104. The van der Waals surface area contributed by atoms with E-state index in [2.05, 4.69) is 45.0 Å². The predicted octanol–water partition coefficient (Wildman–Crippen LogP) is 3.13. The van der Waals surface area contributed by atoms with Gasteiger partial charge in [-0.05, 0) is 0 Å². The Kier molecular flexibility index (Phi) is 3.75. The molecule has 0 aromatic heterocycles. The summed E-state index contributed by atoms with van der Waals surface area (Å²) < 4.78 is 2.45. The van der Waals surface area contributed by atoms with Crippen LogP contribution in [0, 0.1) is 20.8 Å². The number of phenols is 1. The second kappa shape index (κ2) is 5.55. The third-order valence-electron chi connectivity index (χ3n) is 3.67. The van der Waals surface area contributed by atoms with Gasteiger partial charge in [-0.1, -0.05) is 0 Å². The first-order valence-corrected chi connectivity index (χ1v) is 8.74. The number of benzene rings is 3. The predicted molar refractivity (Wildman–Crippen MR) is 91.3 cm³/mol. The van der Waals surface area contributed by atoms with Crippen molar-refractivity contribution in [1.82, 2.24) is 0 Å². The summed E-state index contributed by atoms with van der Waals surface area (Å²) in [5, 5.41) is 12.7. The van der Waals surface area contributed by atoms with Crippen LogP contribution in [0.5, 0.6) is 5.75 Å². The maximum absolute atomic E-state index is 10.3. The molecule has 106 valence electrons. The molecule has 0 bridgehead atoms. The standard InChI is InChI=1S/C19H18OSe/c1-12-10-13(2)18(14(3)11-12)21-19-16-7-5-4-6-15(16)8-9-17(19)20/h4-11,20H,1-3H3. The van der Waals surface area contributed by atoms with E-state index in [0.717, 1.165) is 9.85 Å². The zero-order valence-electron chi connectivity index (χ0n) is 12.5. The summed E-state index contributed by atoms with van der Waals surface area (Å²) in [5.74, 6) is 0.410. The van der Waals surface area contributed by atoms with Gasteiger partial charge in [0.15, 0.2) is 0 Å². The van der Waals surface area contributed by atoms with Gasteiger partial charge in [-0.15, -0.1) is 0 Å². The Morgan fingerprint density at radius 3 is 2.19 bits per heavy atom. The molecule has 0 aliphatic rings. The van der Waals surface area contributed by atoms with Gasteiger partial charge >= 0.3 is 132 Å². The number of hydrogen-bond acceptors (Lipinski definition) is 1. The Bertz CT molecular complexity index is 798. The number of hydrogen-bond donors (Lipinski definition) is 1. The molecule has 0 saturated carbocycles. The number of aromatic hydroxyl groups is 1. The van der Waals surface area contributed by atoms with Crippen LogP contribution in [-0.4, -0.2) is 20.1 Å². The van der Waals surface area contributed by atoms with Gasteiger partial charge in [0.25, 0.3) is 0 Å². The summed E-state index contributed by atoms with van der Waals surface area (Å²) in [4.78, 5) is 0. The molecular weight excluding hydrogens is 323 g/mol. The molecule has 0 heterocycles. The van der Waals surface area contributed by atoms with Crippen molar-refractivity contribution in [3.05, 3.63) is 65.2 Å². The third kappa shape index (κ3) is 2.70. The fourth-order valence-electron chi connectivity index (χ4n) is 2.77. The van der Waals surface area contributed by atoms with Crippen molar-refractivity contribution in [2.75, 3.05) is 0 Å². The van der Waals surface area contributed by atoms with Crippen LogP contribution in [0.3, 0.4) is 0 Å². The first-order chi connectivity index (χ1) is 10.1. The monoisotopic (exact) mass is 342 g/mol. The van der Waals surface area contributed by atoms with E-state index in [0.29, 0.717) is 5.75 Å². The maximum atomic E-state index is 10.3. The second-order valence-electron chi connectivity index (χ2n) is 5.46. The van der Waals surface area contributed by atoms with E-state index in [1.165, 1.54) is 26.5 Å². The topological polar surface area (TPSA) is 20.2 Å². The zero-order chi connectivity index (χ0) is 15.0. The SMILES string of the molecule is Cc1cc(C)c([Se]c2c(O)ccc3ccccc23)c(C)c1. The van der Waals surface area contributed by atoms with Gasteiger partial charge in [0.05, 0.1) is 0 Å². The van der Waals surface area contributed by atoms with Gasteiger partial charge in [-0.2, -0.15) is 0 Å². The summed E-state index contributed by atoms with van der Waals surface area (Å²) in [5.41, 5.74) is 3.94. The molecule has 3 rings (SSSR count). The molecule has 0 aliphatic carbocycles. The molecule has 0 fully saturated rings. The van der Waals surface area contributed by atoms with E-state index in [1.807, 2.05) is 24.3 Å². The van der Waals surface area contributed by atoms with Crippen molar-refractivity contribution in [3.63, 3.8) is 0 Å². The quantitative estimate of drug-likeness (QED) is 0.710. The van der Waals surface area contributed by atoms with Crippen LogP contribution in [0.2, 0.25) is 0 Å². The zero-order valence-corrected chi connectivity index (χ0v) is 14.2. The molecule has 0 atom stereocenters. The molecule has 1 nitrogen and oxygen atoms in total. The number of rotatable bonds is 2. The molecule has 3 aromatic rings. The van der Waals surface area contributed by atoms with Crippen molar-refractivity contribution in [2.24, 2.45) is 0 Å². The van der Waals surface area contributed by atoms with E-state index in [-0.39, 0.29) is 15.0 Å². The molecule has 0 spiro atoms. The summed E-state index contributed by atoms with van der Waals surface area (Å²) in [7, 11) is 0. The van der Waals surface area contributed by atoms with E-state index >= 15 is 0 Å². The molecule has 0 saturated heterocycles. The van der Waals surface area contributed by atoms with Crippen molar-refractivity contribution in [2.45, 2.75) is 20.8 Å². The number of fused-ring (bicyclic) bond motifs is 1. The molecule has 2 heteroatoms. The van der Waals surface area contributed by atoms with E-state index in [1.54, 1.807) is 0 Å². The molecule has 1 N–H and O–H groups in total. The van der Waals surface area contributed by atoms with Crippen molar-refractivity contribution >= 4 is 34.7 Å². The Labute approximate surface area is 131 Å². The molecule has 21 heavy (non-hydrogen) atoms. The Morgan fingerprint density at radius 2 is 1.48 bits per heavy atom. The van der Waals surface area contributed by atoms with Gasteiger partial charge in [-0.25, -0.2) is 0 Å². The van der Waals surface area contributed by atoms with Crippen LogP contribution < -0.4 is 8.92 Å². The summed E-state index contributed by atoms with van der Waals surface area (Å²) in [6.07, 6.45) is 0. The van der Waals surface area contributed by atoms with Crippen molar-refractivity contribution < 1.29 is 5.11 Å². The average Bonchev–Trinajstić information content (AvgIpc) is 2.44. The van der Waals surface area contributed by atoms with Crippen LogP contribution in [0.25, 0.3) is 10.8 Å². The molecule has 0 unspecified atom stereocenters. The van der Waals surface area contributed by atoms with Crippen molar-refractivity contribution in [3.8, 4) is 5.75 Å². The summed E-state index contributed by atoms with van der Waals surface area (Å²) in [6, 6.07) is 16.5. The number of phenolic OH excluding ortho intramolecular Hbond substituents is 1. The first-order valence-electron chi connectivity index (χ1n) is 7.02. The normalized spacial score (nSPS) is 11.0. The van der Waals surface area contributed by atoms with Crippen molar-refractivity contribution in [1.29, 1.82) is 0 Å². The van der Waals surface area contributed by atoms with E-state index in [4.69, 9.17) is 0 Å². The van der Waals surface area contributed by atoms with Gasteiger partial charge in [-0.3, -0.25) is 0 Å². The van der Waals surface area contributed by atoms with E-state index in [9.17, 15) is 5.11 Å². The molecule has 0 amide bonds. The van der Waals surface area contributed by atoms with Gasteiger partial charge in [0.2, 0.25) is 0 Å². The summed E-state index contributed by atoms with van der Waals surface area (Å²) in [6.45, 7) is 6.46. The first kappa shape index (κ1) is 14.2. The number of aryl methyl sites for hydroxylation is 3. The Balaban J connectivity index is 2.17. The van der Waals surface area contributed by atoms with Crippen LogP contribution in [-0.2, 0) is 0 Å². The molecule has 0 aliphatic heterocycles. The third-order valence-corrected chi connectivity index (χ3v) is 6.78. The minimum absolute atomic E-state index is 0.104. The van der Waals surface area contributed by atoms with Crippen LogP contribution in [0.1, 0.15) is 16.7 Å². The minimum atomic E-state index is 0.104. The van der Waals surface area contributed by atoms with Crippen LogP contribution in [0.15, 0.2) is 48.5 Å². The Hall–Kier alpha value is -1.76. The average molecular weight is 341 g/mol. The molecule has 0 radical (unpaired) electrons. The second-order valence-corrected chi connectivity index (χ2v) is 7.61. The van der Waals surface area contributed by atoms with Crippen LogP contribution in [0.4, 0.5) is 0 Å². The molecule has 3 aromatic carbocycles. The van der Waals surface area contributed by atoms with E-state index < -0.39 is 0 Å². The van der Waals surface area contributed by atoms with Crippen LogP contribution >= 0.6 is 0 Å². The van der Waals surface area contributed by atoms with Gasteiger partial charge in [0.1, 0.15) is 0 Å². The Morgan fingerprint density at radius 1 is 0.810 bits per heavy atom. The fourth-order valence-corrected chi connectivity index (χ4v) is 5.10. The fraction of sp³-hybridized carbons (Fsp3) is 0.158. The van der Waals surface area contributed by atoms with Gasteiger partial charge in [0, 0.05) is 0 Å². The molecular formula is C19H18OSe. The van der Waals surface area contributed by atoms with Gasteiger partial charge < -0.3 is 0 Å².